The average Bonchev–Trinajstić information content (AvgIpc) is 3.10. The second-order valence-corrected chi connectivity index (χ2v) is 6.48. The molecule has 114 valence electrons. The fourth-order valence-electron chi connectivity index (χ4n) is 2.41. The van der Waals surface area contributed by atoms with E-state index in [1.807, 2.05) is 31.3 Å². The van der Waals surface area contributed by atoms with E-state index in [4.69, 9.17) is 0 Å². The van der Waals surface area contributed by atoms with E-state index in [1.54, 1.807) is 16.2 Å². The summed E-state index contributed by atoms with van der Waals surface area (Å²) in [5.74, 6) is 1.02. The molecule has 0 bridgehead atoms. The topological polar surface area (TPSA) is 49.0 Å². The van der Waals surface area contributed by atoms with Gasteiger partial charge in [0.25, 0.3) is 0 Å². The van der Waals surface area contributed by atoms with Gasteiger partial charge >= 0.3 is 0 Å². The fourth-order valence-corrected chi connectivity index (χ4v) is 3.37. The molecule has 0 spiro atoms. The van der Waals surface area contributed by atoms with E-state index in [0.717, 1.165) is 16.9 Å². The van der Waals surface area contributed by atoms with Gasteiger partial charge < -0.3 is 9.88 Å². The number of thiophene rings is 1. The molecule has 1 N–H and O–H groups in total. The average molecular weight is 313 g/mol. The smallest absolute Gasteiger partial charge is 0.223 e. The van der Waals surface area contributed by atoms with Gasteiger partial charge in [-0.25, -0.2) is 4.98 Å². The maximum atomic E-state index is 12.3. The zero-order valence-electron chi connectivity index (χ0n) is 12.8. The van der Waals surface area contributed by atoms with Gasteiger partial charge in [-0.3, -0.25) is 4.79 Å². The molecular weight excluding hydrogens is 294 g/mol. The minimum absolute atomic E-state index is 0.147. The molecular formula is C17H19N3OS. The molecule has 0 fully saturated rings. The summed E-state index contributed by atoms with van der Waals surface area (Å²) in [4.78, 5) is 23.1. The van der Waals surface area contributed by atoms with Crippen LogP contribution in [0.5, 0.6) is 0 Å². The minimum atomic E-state index is 0.147. The van der Waals surface area contributed by atoms with Crippen molar-refractivity contribution in [3.63, 3.8) is 0 Å². The standard InChI is InChI=1S/C17H19N3OS/c1-12-9-10-22-15(12)11-20(2)17(21)8-7-16-18-13-5-3-4-6-14(13)19-16/h3-6,9-10H,7-8,11H2,1-2H3,(H,18,19). The van der Waals surface area contributed by atoms with Crippen molar-refractivity contribution >= 4 is 28.3 Å². The normalized spacial score (nSPS) is 11.0. The Morgan fingerprint density at radius 2 is 2.14 bits per heavy atom. The van der Waals surface area contributed by atoms with E-state index in [0.29, 0.717) is 19.4 Å². The number of nitrogens with one attached hydrogen (secondary N) is 1. The van der Waals surface area contributed by atoms with Gasteiger partial charge in [-0.05, 0) is 36.1 Å². The summed E-state index contributed by atoms with van der Waals surface area (Å²) in [5, 5.41) is 2.07. The lowest BCUT2D eigenvalue weighted by Gasteiger charge is -2.16. The molecule has 2 aromatic heterocycles. The van der Waals surface area contributed by atoms with Gasteiger partial charge in [-0.2, -0.15) is 0 Å². The predicted molar refractivity (Wildman–Crippen MR) is 89.9 cm³/mol. The molecule has 0 aliphatic carbocycles. The van der Waals surface area contributed by atoms with Crippen LogP contribution in [0.15, 0.2) is 35.7 Å². The predicted octanol–water partition coefficient (Wildman–Crippen LogP) is 3.52. The number of para-hydroxylation sites is 2. The van der Waals surface area contributed by atoms with E-state index < -0.39 is 0 Å². The lowest BCUT2D eigenvalue weighted by Crippen LogP contribution is -2.26. The molecule has 5 heteroatoms. The number of carbonyl (C=O) groups excluding carboxylic acids is 1. The van der Waals surface area contributed by atoms with Gasteiger partial charge in [0.1, 0.15) is 5.82 Å². The molecule has 1 amide bonds. The van der Waals surface area contributed by atoms with Crippen molar-refractivity contribution in [2.24, 2.45) is 0 Å². The van der Waals surface area contributed by atoms with Crippen LogP contribution in [0, 0.1) is 6.92 Å². The summed E-state index contributed by atoms with van der Waals surface area (Å²) in [6.45, 7) is 2.76. The number of H-pyrrole nitrogens is 1. The largest absolute Gasteiger partial charge is 0.342 e. The van der Waals surface area contributed by atoms with E-state index in [9.17, 15) is 4.79 Å². The Bertz CT molecular complexity index is 757. The summed E-state index contributed by atoms with van der Waals surface area (Å²) < 4.78 is 0. The maximum Gasteiger partial charge on any atom is 0.223 e. The van der Waals surface area contributed by atoms with E-state index >= 15 is 0 Å². The highest BCUT2D eigenvalue weighted by molar-refractivity contribution is 7.10. The number of nitrogens with zero attached hydrogens (tertiary/aromatic N) is 2. The van der Waals surface area contributed by atoms with Gasteiger partial charge in [-0.1, -0.05) is 12.1 Å². The number of aromatic nitrogens is 2. The molecule has 0 aliphatic rings. The highest BCUT2D eigenvalue weighted by Gasteiger charge is 2.12. The summed E-state index contributed by atoms with van der Waals surface area (Å²) in [6, 6.07) is 10.0. The Balaban J connectivity index is 1.58. The zero-order chi connectivity index (χ0) is 15.5. The number of carbonyl (C=O) groups is 1. The van der Waals surface area contributed by atoms with Crippen LogP contribution in [0.3, 0.4) is 0 Å². The number of aromatic amines is 1. The fraction of sp³-hybridized carbons (Fsp3) is 0.294. The van der Waals surface area contributed by atoms with Crippen LogP contribution < -0.4 is 0 Å². The van der Waals surface area contributed by atoms with Crippen LogP contribution in [0.1, 0.15) is 22.7 Å². The van der Waals surface area contributed by atoms with Crippen molar-refractivity contribution in [1.29, 1.82) is 0 Å². The summed E-state index contributed by atoms with van der Waals surface area (Å²) in [7, 11) is 1.86. The van der Waals surface area contributed by atoms with Gasteiger partial charge in [0.05, 0.1) is 17.6 Å². The molecule has 0 unspecified atom stereocenters. The highest BCUT2D eigenvalue weighted by atomic mass is 32.1. The lowest BCUT2D eigenvalue weighted by molar-refractivity contribution is -0.130. The summed E-state index contributed by atoms with van der Waals surface area (Å²) in [6.07, 6.45) is 1.11. The van der Waals surface area contributed by atoms with Crippen molar-refractivity contribution in [2.75, 3.05) is 7.05 Å². The molecule has 4 nitrogen and oxygen atoms in total. The number of aryl methyl sites for hydroxylation is 2. The molecule has 0 aliphatic heterocycles. The zero-order valence-corrected chi connectivity index (χ0v) is 13.6. The van der Waals surface area contributed by atoms with E-state index in [2.05, 4.69) is 28.3 Å². The highest BCUT2D eigenvalue weighted by Crippen LogP contribution is 2.18. The second kappa shape index (κ2) is 6.32. The molecule has 2 heterocycles. The molecule has 3 aromatic rings. The SMILES string of the molecule is Cc1ccsc1CN(C)C(=O)CCc1nc2ccccc2[nH]1. The number of fused-ring (bicyclic) bond motifs is 1. The molecule has 0 atom stereocenters. The molecule has 0 saturated heterocycles. The number of rotatable bonds is 5. The molecule has 1 aromatic carbocycles. The van der Waals surface area contributed by atoms with Gasteiger partial charge in [-0.15, -0.1) is 11.3 Å². The van der Waals surface area contributed by atoms with Gasteiger partial charge in [0.2, 0.25) is 5.91 Å². The van der Waals surface area contributed by atoms with Crippen LogP contribution in [-0.4, -0.2) is 27.8 Å². The van der Waals surface area contributed by atoms with E-state index in [-0.39, 0.29) is 5.91 Å². The number of imidazole rings is 1. The first kappa shape index (κ1) is 14.8. The lowest BCUT2D eigenvalue weighted by atomic mass is 10.2. The first-order valence-corrected chi connectivity index (χ1v) is 8.22. The Hall–Kier alpha value is -2.14. The van der Waals surface area contributed by atoms with Crippen molar-refractivity contribution < 1.29 is 4.79 Å². The Morgan fingerprint density at radius 1 is 1.32 bits per heavy atom. The third-order valence-corrected chi connectivity index (χ3v) is 4.80. The monoisotopic (exact) mass is 313 g/mol. The number of hydrogen-bond acceptors (Lipinski definition) is 3. The number of benzene rings is 1. The second-order valence-electron chi connectivity index (χ2n) is 5.48. The van der Waals surface area contributed by atoms with E-state index in [1.165, 1.54) is 10.4 Å². The van der Waals surface area contributed by atoms with Crippen molar-refractivity contribution in [3.05, 3.63) is 52.0 Å². The summed E-state index contributed by atoms with van der Waals surface area (Å²) in [5.41, 5.74) is 3.22. The first-order valence-electron chi connectivity index (χ1n) is 7.34. The molecule has 3 rings (SSSR count). The third-order valence-electron chi connectivity index (χ3n) is 3.79. The molecule has 22 heavy (non-hydrogen) atoms. The number of hydrogen-bond donors (Lipinski definition) is 1. The van der Waals surface area contributed by atoms with Gasteiger partial charge in [0, 0.05) is 24.8 Å². The first-order chi connectivity index (χ1) is 10.6. The van der Waals surface area contributed by atoms with Gasteiger partial charge in [0.15, 0.2) is 0 Å². The maximum absolute atomic E-state index is 12.3. The minimum Gasteiger partial charge on any atom is -0.342 e. The van der Waals surface area contributed by atoms with Crippen LogP contribution in [-0.2, 0) is 17.8 Å². The Kier molecular flexibility index (Phi) is 4.24. The van der Waals surface area contributed by atoms with Crippen LogP contribution in [0.2, 0.25) is 0 Å². The molecule has 0 radical (unpaired) electrons. The summed E-state index contributed by atoms with van der Waals surface area (Å²) >= 11 is 1.70. The third kappa shape index (κ3) is 3.20. The Labute approximate surface area is 133 Å². The van der Waals surface area contributed by atoms with Crippen molar-refractivity contribution in [1.82, 2.24) is 14.9 Å². The van der Waals surface area contributed by atoms with Crippen LogP contribution in [0.25, 0.3) is 11.0 Å². The Morgan fingerprint density at radius 3 is 2.86 bits per heavy atom. The quantitative estimate of drug-likeness (QED) is 0.783. The van der Waals surface area contributed by atoms with Crippen molar-refractivity contribution in [3.8, 4) is 0 Å². The molecule has 0 saturated carbocycles. The number of amides is 1. The van der Waals surface area contributed by atoms with Crippen LogP contribution in [0.4, 0.5) is 0 Å². The van der Waals surface area contributed by atoms with Crippen molar-refractivity contribution in [2.45, 2.75) is 26.3 Å². The van der Waals surface area contributed by atoms with Crippen LogP contribution >= 0.6 is 11.3 Å².